The molecule has 0 amide bonds. The van der Waals surface area contributed by atoms with E-state index >= 15 is 0 Å². The number of benzene rings is 5. The minimum Gasteiger partial charge on any atom is -0.313 e. The van der Waals surface area contributed by atoms with Gasteiger partial charge in [-0.2, -0.15) is 0 Å². The molecule has 2 unspecified atom stereocenters. The Bertz CT molecular complexity index is 2420. The molecule has 0 saturated heterocycles. The third-order valence-electron chi connectivity index (χ3n) is 10.1. The highest BCUT2D eigenvalue weighted by molar-refractivity contribution is 5.90. The normalized spacial score (nSPS) is 16.7. The summed E-state index contributed by atoms with van der Waals surface area (Å²) in [5.41, 5.74) is 11.6. The molecule has 54 heavy (non-hydrogen) atoms. The molecule has 2 heteroatoms. The fourth-order valence-electron chi connectivity index (χ4n) is 7.50. The van der Waals surface area contributed by atoms with Crippen molar-refractivity contribution in [1.29, 1.82) is 0 Å². The Kier molecular flexibility index (Phi) is 11.1. The van der Waals surface area contributed by atoms with Crippen LogP contribution in [0.3, 0.4) is 0 Å². The summed E-state index contributed by atoms with van der Waals surface area (Å²) in [7, 11) is 0. The van der Waals surface area contributed by atoms with Crippen LogP contribution in [0.4, 0.5) is 22.7 Å². The Labute approximate surface area is 320 Å². The minimum atomic E-state index is 0.0606. The van der Waals surface area contributed by atoms with E-state index in [1.54, 1.807) is 6.08 Å². The second kappa shape index (κ2) is 16.8. The molecule has 0 aliphatic heterocycles. The van der Waals surface area contributed by atoms with Gasteiger partial charge in [-0.15, -0.1) is 0 Å². The van der Waals surface area contributed by atoms with Gasteiger partial charge in [0.05, 0.1) is 0 Å². The number of allylic oxidation sites excluding steroid dienone is 12. The van der Waals surface area contributed by atoms with Gasteiger partial charge in [-0.25, -0.2) is 0 Å². The average molecular weight is 699 g/mol. The van der Waals surface area contributed by atoms with E-state index < -0.39 is 0 Å². The van der Waals surface area contributed by atoms with Gasteiger partial charge in [0.25, 0.3) is 0 Å². The maximum absolute atomic E-state index is 4.08. The third-order valence-corrected chi connectivity index (χ3v) is 10.1. The molecule has 0 radical (unpaired) electrons. The van der Waals surface area contributed by atoms with Crippen LogP contribution in [0.2, 0.25) is 0 Å². The molecule has 0 saturated carbocycles. The van der Waals surface area contributed by atoms with Gasteiger partial charge >= 0.3 is 0 Å². The topological polar surface area (TPSA) is 6.48 Å². The fourth-order valence-corrected chi connectivity index (χ4v) is 7.50. The maximum Gasteiger partial charge on any atom is 0.0459 e. The van der Waals surface area contributed by atoms with E-state index in [-0.39, 0.29) is 11.8 Å². The van der Waals surface area contributed by atoms with Crippen LogP contribution in [0.15, 0.2) is 220 Å². The van der Waals surface area contributed by atoms with Crippen molar-refractivity contribution in [1.82, 2.24) is 0 Å². The van der Waals surface area contributed by atoms with Crippen molar-refractivity contribution < 1.29 is 0 Å². The van der Waals surface area contributed by atoms with Crippen molar-refractivity contribution >= 4 is 45.3 Å². The van der Waals surface area contributed by atoms with E-state index in [4.69, 9.17) is 0 Å². The lowest BCUT2D eigenvalue weighted by Gasteiger charge is -2.42. The summed E-state index contributed by atoms with van der Waals surface area (Å²) in [6.07, 6.45) is 25.2. The zero-order chi connectivity index (χ0) is 37.3. The molecule has 2 aliphatic rings. The SMILES string of the molecule is C=CC=CC=C(C)c1ccc(N(C2=c3ccccc3=C(N(c3ccccc3)c3ccc(C(C=C)=CC=CC)cc3)C3C=CC=CC23)c2ccccc2)cc1. The molecule has 0 bridgehead atoms. The first kappa shape index (κ1) is 35.7. The summed E-state index contributed by atoms with van der Waals surface area (Å²) in [6.45, 7) is 12.1. The number of para-hydroxylation sites is 2. The van der Waals surface area contributed by atoms with Crippen LogP contribution in [-0.4, -0.2) is 0 Å². The smallest absolute Gasteiger partial charge is 0.0459 e. The van der Waals surface area contributed by atoms with Gasteiger partial charge in [0, 0.05) is 56.4 Å². The number of hydrogen-bond acceptors (Lipinski definition) is 2. The third kappa shape index (κ3) is 7.33. The van der Waals surface area contributed by atoms with Crippen molar-refractivity contribution in [2.75, 3.05) is 9.80 Å². The molecule has 0 spiro atoms. The number of anilines is 4. The number of fused-ring (bicyclic) bond motifs is 2. The lowest BCUT2D eigenvalue weighted by Crippen LogP contribution is -2.47. The van der Waals surface area contributed by atoms with Crippen molar-refractivity contribution in [2.45, 2.75) is 13.8 Å². The summed E-state index contributed by atoms with van der Waals surface area (Å²) >= 11 is 0. The van der Waals surface area contributed by atoms with Crippen LogP contribution < -0.4 is 20.2 Å². The van der Waals surface area contributed by atoms with Gasteiger partial charge in [0.2, 0.25) is 0 Å². The molecule has 2 atom stereocenters. The Morgan fingerprint density at radius 3 is 1.44 bits per heavy atom. The molecule has 5 aromatic rings. The minimum absolute atomic E-state index is 0.0606. The summed E-state index contributed by atoms with van der Waals surface area (Å²) < 4.78 is 0. The van der Waals surface area contributed by atoms with E-state index in [2.05, 4.69) is 206 Å². The van der Waals surface area contributed by atoms with E-state index in [1.165, 1.54) is 33.0 Å². The molecule has 0 heterocycles. The largest absolute Gasteiger partial charge is 0.313 e. The number of nitrogens with zero attached hydrogens (tertiary/aromatic N) is 2. The van der Waals surface area contributed by atoms with E-state index in [0.717, 1.165) is 33.9 Å². The first-order valence-electron chi connectivity index (χ1n) is 18.6. The van der Waals surface area contributed by atoms with Crippen LogP contribution >= 0.6 is 0 Å². The van der Waals surface area contributed by atoms with Gasteiger partial charge in [-0.3, -0.25) is 0 Å². The monoisotopic (exact) mass is 698 g/mol. The Hall–Kier alpha value is -6.64. The van der Waals surface area contributed by atoms with Crippen LogP contribution in [0, 0.1) is 11.8 Å². The summed E-state index contributed by atoms with van der Waals surface area (Å²) in [6, 6.07) is 48.3. The standard InChI is InChI=1S/C52H46N2/c1-5-8-12-21-39(4)41-31-35-45(36-32-41)53(43-23-13-10-14-24-43)51-47-27-17-19-29-49(47)52(50-30-20-18-28-48(50)51)54(44-25-15-11-16-26-44)46-37-33-42(34-38-46)40(7-3)22-9-6-2/h5-38,47,49H,1,3H2,2,4H3. The molecular formula is C52H46N2. The zero-order valence-electron chi connectivity index (χ0n) is 31.1. The quantitative estimate of drug-likeness (QED) is 0.120. The van der Waals surface area contributed by atoms with E-state index in [9.17, 15) is 0 Å². The molecule has 2 nitrogen and oxygen atoms in total. The molecule has 7 rings (SSSR count). The Morgan fingerprint density at radius 2 is 0.981 bits per heavy atom. The summed E-state index contributed by atoms with van der Waals surface area (Å²) in [4.78, 5) is 4.92. The molecule has 2 aliphatic carbocycles. The second-order valence-corrected chi connectivity index (χ2v) is 13.4. The molecule has 0 N–H and O–H groups in total. The first-order chi connectivity index (χ1) is 26.6. The summed E-state index contributed by atoms with van der Waals surface area (Å²) in [5, 5.41) is 2.43. The van der Waals surface area contributed by atoms with Crippen molar-refractivity contribution in [2.24, 2.45) is 11.8 Å². The van der Waals surface area contributed by atoms with Gasteiger partial charge in [-0.05, 0) is 84.7 Å². The fraction of sp³-hybridized carbons (Fsp3) is 0.0769. The Morgan fingerprint density at radius 1 is 0.519 bits per heavy atom. The molecule has 5 aromatic carbocycles. The van der Waals surface area contributed by atoms with Crippen LogP contribution in [0.5, 0.6) is 0 Å². The predicted molar refractivity (Wildman–Crippen MR) is 234 cm³/mol. The molecule has 264 valence electrons. The van der Waals surface area contributed by atoms with Crippen LogP contribution in [0.1, 0.15) is 25.0 Å². The number of rotatable bonds is 12. The van der Waals surface area contributed by atoms with E-state index in [0.29, 0.717) is 0 Å². The highest BCUT2D eigenvalue weighted by Gasteiger charge is 2.37. The van der Waals surface area contributed by atoms with Gasteiger partial charge < -0.3 is 9.80 Å². The highest BCUT2D eigenvalue weighted by Crippen LogP contribution is 2.45. The van der Waals surface area contributed by atoms with Gasteiger partial charge in [0.1, 0.15) is 0 Å². The molecule has 0 fully saturated rings. The van der Waals surface area contributed by atoms with Crippen LogP contribution in [-0.2, 0) is 0 Å². The maximum atomic E-state index is 4.08. The summed E-state index contributed by atoms with van der Waals surface area (Å²) in [5.74, 6) is 0.123. The Balaban J connectivity index is 1.48. The van der Waals surface area contributed by atoms with Gasteiger partial charge in [0.15, 0.2) is 0 Å². The van der Waals surface area contributed by atoms with Crippen molar-refractivity contribution in [3.63, 3.8) is 0 Å². The predicted octanol–water partition coefficient (Wildman–Crippen LogP) is 12.2. The zero-order valence-corrected chi connectivity index (χ0v) is 31.1. The van der Waals surface area contributed by atoms with Crippen molar-refractivity contribution in [3.8, 4) is 0 Å². The molecular weight excluding hydrogens is 653 g/mol. The van der Waals surface area contributed by atoms with Gasteiger partial charge in [-0.1, -0.05) is 171 Å². The lowest BCUT2D eigenvalue weighted by molar-refractivity contribution is 0.662. The van der Waals surface area contributed by atoms with E-state index in [1.807, 2.05) is 31.2 Å². The first-order valence-corrected chi connectivity index (χ1v) is 18.6. The number of hydrogen-bond donors (Lipinski definition) is 0. The highest BCUT2D eigenvalue weighted by atomic mass is 15.2. The van der Waals surface area contributed by atoms with Crippen LogP contribution in [0.25, 0.3) is 22.5 Å². The average Bonchev–Trinajstić information content (AvgIpc) is 3.23. The second-order valence-electron chi connectivity index (χ2n) is 13.4. The molecule has 0 aromatic heterocycles. The van der Waals surface area contributed by atoms with Crippen molar-refractivity contribution in [3.05, 3.63) is 241 Å². The lowest BCUT2D eigenvalue weighted by atomic mass is 9.77.